The molecule has 2 aromatic carbocycles. The number of hydrogen-bond acceptors (Lipinski definition) is 4. The van der Waals surface area contributed by atoms with Crippen LogP contribution in [-0.2, 0) is 14.3 Å². The fraction of sp³-hybridized carbons (Fsp3) is 0.464. The molecule has 2 amide bonds. The smallest absolute Gasteiger partial charge is 0.407 e. The Kier molecular flexibility index (Phi) is 5.31. The Morgan fingerprint density at radius 3 is 2.29 bits per heavy atom. The van der Waals surface area contributed by atoms with Crippen molar-refractivity contribution in [3.8, 4) is 11.1 Å². The summed E-state index contributed by atoms with van der Waals surface area (Å²) in [7, 11) is 0. The molecule has 4 aliphatic carbocycles. The minimum absolute atomic E-state index is 0.0100. The first-order valence-corrected chi connectivity index (χ1v) is 12.6. The maximum Gasteiger partial charge on any atom is 0.407 e. The zero-order valence-electron chi connectivity index (χ0n) is 19.5. The molecule has 0 radical (unpaired) electrons. The molecule has 3 N–H and O–H groups in total. The Hall–Kier alpha value is -3.35. The van der Waals surface area contributed by atoms with E-state index in [0.717, 1.165) is 25.7 Å². The molecule has 2 aromatic rings. The van der Waals surface area contributed by atoms with Crippen LogP contribution in [0.5, 0.6) is 0 Å². The molecule has 0 saturated heterocycles. The second kappa shape index (κ2) is 8.40. The Balaban J connectivity index is 1.04. The first-order valence-electron chi connectivity index (χ1n) is 12.6. The number of carboxylic acids is 1. The van der Waals surface area contributed by atoms with Crippen LogP contribution >= 0.6 is 0 Å². The maximum atomic E-state index is 13.0. The summed E-state index contributed by atoms with van der Waals surface area (Å²) in [6, 6.07) is 16.1. The zero-order valence-corrected chi connectivity index (χ0v) is 19.5. The first kappa shape index (κ1) is 22.1. The monoisotopic (exact) mass is 474 g/mol. The molecule has 3 fully saturated rings. The number of ether oxygens (including phenoxy) is 1. The topological polar surface area (TPSA) is 105 Å². The summed E-state index contributed by atoms with van der Waals surface area (Å²) in [6.07, 6.45) is 3.62. The normalized spacial score (nSPS) is 26.7. The van der Waals surface area contributed by atoms with Crippen molar-refractivity contribution in [3.05, 3.63) is 59.7 Å². The van der Waals surface area contributed by atoms with Crippen LogP contribution in [0.1, 0.15) is 55.6 Å². The molecular formula is C28H30N2O5. The quantitative estimate of drug-likeness (QED) is 0.535. The molecule has 0 aliphatic heterocycles. The fourth-order valence-corrected chi connectivity index (χ4v) is 6.43. The van der Waals surface area contributed by atoms with Crippen molar-refractivity contribution < 1.29 is 24.2 Å². The van der Waals surface area contributed by atoms with Crippen LogP contribution in [0, 0.1) is 17.3 Å². The zero-order chi connectivity index (χ0) is 24.2. The number of aliphatic carboxylic acids is 1. The van der Waals surface area contributed by atoms with Gasteiger partial charge in [-0.2, -0.15) is 0 Å². The van der Waals surface area contributed by atoms with Gasteiger partial charge in [-0.05, 0) is 66.2 Å². The van der Waals surface area contributed by atoms with E-state index in [1.807, 2.05) is 24.3 Å². The SMILES string of the molecule is O=C(O)CC(NC(=O)[C@]12C[C@H](NC(=O)OCC3c4ccccc4-c4ccccc43)C[C@H]1C2)C1CC1. The highest BCUT2D eigenvalue weighted by molar-refractivity contribution is 5.87. The molecule has 0 aromatic heterocycles. The van der Waals surface area contributed by atoms with E-state index in [-0.39, 0.29) is 48.8 Å². The second-order valence-electron chi connectivity index (χ2n) is 10.7. The van der Waals surface area contributed by atoms with Gasteiger partial charge in [0.05, 0.1) is 11.8 Å². The highest BCUT2D eigenvalue weighted by atomic mass is 16.5. The summed E-state index contributed by atoms with van der Waals surface area (Å²) in [4.78, 5) is 36.9. The van der Waals surface area contributed by atoms with Crippen LogP contribution in [-0.4, -0.2) is 41.8 Å². The van der Waals surface area contributed by atoms with E-state index in [9.17, 15) is 19.5 Å². The van der Waals surface area contributed by atoms with Crippen LogP contribution in [0.15, 0.2) is 48.5 Å². The third-order valence-corrected chi connectivity index (χ3v) is 8.43. The van der Waals surface area contributed by atoms with Crippen molar-refractivity contribution in [1.82, 2.24) is 10.6 Å². The van der Waals surface area contributed by atoms with Crippen molar-refractivity contribution in [3.63, 3.8) is 0 Å². The van der Waals surface area contributed by atoms with Gasteiger partial charge in [-0.1, -0.05) is 48.5 Å². The predicted molar refractivity (Wildman–Crippen MR) is 129 cm³/mol. The largest absolute Gasteiger partial charge is 0.481 e. The van der Waals surface area contributed by atoms with Crippen LogP contribution in [0.3, 0.4) is 0 Å². The van der Waals surface area contributed by atoms with E-state index >= 15 is 0 Å². The van der Waals surface area contributed by atoms with E-state index in [0.29, 0.717) is 6.42 Å². The summed E-state index contributed by atoms with van der Waals surface area (Å²) in [5, 5.41) is 15.2. The number of nitrogens with one attached hydrogen (secondary N) is 2. The van der Waals surface area contributed by atoms with Crippen molar-refractivity contribution in [1.29, 1.82) is 0 Å². The summed E-state index contributed by atoms with van der Waals surface area (Å²) in [5.74, 6) is -0.396. The Bertz CT molecular complexity index is 1150. The molecule has 4 aliphatic rings. The van der Waals surface area contributed by atoms with Gasteiger partial charge in [-0.25, -0.2) is 4.79 Å². The van der Waals surface area contributed by atoms with Crippen molar-refractivity contribution in [2.24, 2.45) is 17.3 Å². The van der Waals surface area contributed by atoms with Gasteiger partial charge in [0.25, 0.3) is 0 Å². The molecule has 0 spiro atoms. The number of carboxylic acid groups (broad SMARTS) is 1. The van der Waals surface area contributed by atoms with Gasteiger partial charge in [0.15, 0.2) is 0 Å². The minimum atomic E-state index is -0.881. The van der Waals surface area contributed by atoms with E-state index in [1.54, 1.807) is 0 Å². The lowest BCUT2D eigenvalue weighted by atomic mass is 9.98. The van der Waals surface area contributed by atoms with Crippen LogP contribution in [0.4, 0.5) is 4.79 Å². The molecule has 0 bridgehead atoms. The van der Waals surface area contributed by atoms with Crippen molar-refractivity contribution in [2.45, 2.75) is 56.5 Å². The van der Waals surface area contributed by atoms with E-state index in [4.69, 9.17) is 4.74 Å². The first-order chi connectivity index (χ1) is 16.9. The maximum absolute atomic E-state index is 13.0. The van der Waals surface area contributed by atoms with Crippen LogP contribution < -0.4 is 10.6 Å². The van der Waals surface area contributed by atoms with Crippen LogP contribution in [0.2, 0.25) is 0 Å². The second-order valence-corrected chi connectivity index (χ2v) is 10.7. The molecule has 1 unspecified atom stereocenters. The number of carbonyl (C=O) groups excluding carboxylic acids is 2. The Morgan fingerprint density at radius 1 is 1.00 bits per heavy atom. The number of rotatable bonds is 8. The molecule has 7 heteroatoms. The molecule has 7 nitrogen and oxygen atoms in total. The number of fused-ring (bicyclic) bond motifs is 4. The number of carbonyl (C=O) groups is 3. The number of benzene rings is 2. The van der Waals surface area contributed by atoms with Gasteiger partial charge in [0.2, 0.25) is 5.91 Å². The molecule has 6 rings (SSSR count). The Morgan fingerprint density at radius 2 is 1.66 bits per heavy atom. The van der Waals surface area contributed by atoms with Crippen molar-refractivity contribution >= 4 is 18.0 Å². The third-order valence-electron chi connectivity index (χ3n) is 8.43. The summed E-state index contributed by atoms with van der Waals surface area (Å²) in [5.41, 5.74) is 4.26. The van der Waals surface area contributed by atoms with E-state index in [2.05, 4.69) is 34.9 Å². The lowest BCUT2D eigenvalue weighted by Crippen LogP contribution is -2.43. The summed E-state index contributed by atoms with van der Waals surface area (Å²) >= 11 is 0. The number of amides is 2. The predicted octanol–water partition coefficient (Wildman–Crippen LogP) is 4.06. The lowest BCUT2D eigenvalue weighted by molar-refractivity contribution is -0.138. The van der Waals surface area contributed by atoms with E-state index < -0.39 is 17.5 Å². The number of alkyl carbamates (subject to hydrolysis) is 1. The van der Waals surface area contributed by atoms with Gasteiger partial charge in [0, 0.05) is 18.0 Å². The molecule has 3 saturated carbocycles. The lowest BCUT2D eigenvalue weighted by Gasteiger charge is -2.22. The van der Waals surface area contributed by atoms with Gasteiger partial charge in [-0.15, -0.1) is 0 Å². The standard InChI is InChI=1S/C28H30N2O5/c31-25(32)12-24(16-9-10-16)30-26(33)28-13-17(28)11-18(14-28)29-27(34)35-15-23-21-7-3-1-5-19(21)20-6-2-4-8-22(20)23/h1-8,16-18,23-24H,9-15H2,(H,29,34)(H,30,33)(H,31,32)/t17-,18+,24?,28+/m0/s1. The van der Waals surface area contributed by atoms with Gasteiger partial charge < -0.3 is 20.5 Å². The molecule has 35 heavy (non-hydrogen) atoms. The molecule has 4 atom stereocenters. The highest BCUT2D eigenvalue weighted by Gasteiger charge is 2.65. The number of hydrogen-bond donors (Lipinski definition) is 3. The minimum Gasteiger partial charge on any atom is -0.481 e. The molecular weight excluding hydrogens is 444 g/mol. The van der Waals surface area contributed by atoms with E-state index in [1.165, 1.54) is 22.3 Å². The highest BCUT2D eigenvalue weighted by Crippen LogP contribution is 2.63. The van der Waals surface area contributed by atoms with Crippen LogP contribution in [0.25, 0.3) is 11.1 Å². The van der Waals surface area contributed by atoms with Crippen molar-refractivity contribution in [2.75, 3.05) is 6.61 Å². The van der Waals surface area contributed by atoms with Gasteiger partial charge in [-0.3, -0.25) is 9.59 Å². The average Bonchev–Trinajstić information content (AvgIpc) is 3.75. The fourth-order valence-electron chi connectivity index (χ4n) is 6.43. The summed E-state index contributed by atoms with van der Waals surface area (Å²) < 4.78 is 5.68. The average molecular weight is 475 g/mol. The van der Waals surface area contributed by atoms with Gasteiger partial charge in [0.1, 0.15) is 6.61 Å². The molecule has 0 heterocycles. The van der Waals surface area contributed by atoms with Gasteiger partial charge >= 0.3 is 12.1 Å². The summed E-state index contributed by atoms with van der Waals surface area (Å²) in [6.45, 7) is 0.264. The molecule has 182 valence electrons. The Labute approximate surface area is 204 Å². The third kappa shape index (κ3) is 4.07.